The van der Waals surface area contributed by atoms with E-state index in [2.05, 4.69) is 11.6 Å². The van der Waals surface area contributed by atoms with Crippen LogP contribution in [0.2, 0.25) is 0 Å². The second-order valence-electron chi connectivity index (χ2n) is 5.62. The van der Waals surface area contributed by atoms with Gasteiger partial charge in [0.1, 0.15) is 5.01 Å². The van der Waals surface area contributed by atoms with E-state index >= 15 is 0 Å². The number of anilines is 1. The highest BCUT2D eigenvalue weighted by molar-refractivity contribution is 7.14. The molecule has 138 valence electrons. The van der Waals surface area contributed by atoms with Crippen LogP contribution < -0.4 is 4.90 Å². The standard InChI is InChI=1S/C20H18N2O3S2/c1-2-9-22(17-6-4-3-5-7-17)18(23)12-25-19(24)11-16-14-27-20(21-16)15-8-10-26-13-15/h2-8,10,13-14H,1,9,11-12H2. The Hall–Kier alpha value is -2.77. The summed E-state index contributed by atoms with van der Waals surface area (Å²) in [5.74, 6) is -0.774. The fraction of sp³-hybridized carbons (Fsp3) is 0.150. The molecule has 1 amide bonds. The molecule has 0 aliphatic heterocycles. The average Bonchev–Trinajstić information content (AvgIpc) is 3.36. The number of ether oxygens (including phenoxy) is 1. The Labute approximate surface area is 165 Å². The molecular formula is C20H18N2O3S2. The number of amides is 1. The maximum absolute atomic E-state index is 12.4. The average molecular weight is 399 g/mol. The van der Waals surface area contributed by atoms with Gasteiger partial charge in [-0.15, -0.1) is 17.9 Å². The number of aromatic nitrogens is 1. The van der Waals surface area contributed by atoms with Crippen molar-refractivity contribution in [1.29, 1.82) is 0 Å². The third-order valence-corrected chi connectivity index (χ3v) is 5.31. The van der Waals surface area contributed by atoms with Gasteiger partial charge >= 0.3 is 5.97 Å². The molecule has 0 spiro atoms. The van der Waals surface area contributed by atoms with Crippen LogP contribution in [0.1, 0.15) is 5.69 Å². The lowest BCUT2D eigenvalue weighted by atomic mass is 10.3. The quantitative estimate of drug-likeness (QED) is 0.422. The van der Waals surface area contributed by atoms with E-state index in [1.54, 1.807) is 17.4 Å². The fourth-order valence-corrected chi connectivity index (χ4v) is 3.95. The van der Waals surface area contributed by atoms with Gasteiger partial charge in [-0.1, -0.05) is 24.3 Å². The number of para-hydroxylation sites is 1. The monoisotopic (exact) mass is 398 g/mol. The van der Waals surface area contributed by atoms with Crippen molar-refractivity contribution in [2.75, 3.05) is 18.1 Å². The normalized spacial score (nSPS) is 10.4. The smallest absolute Gasteiger partial charge is 0.312 e. The Morgan fingerprint density at radius 1 is 1.19 bits per heavy atom. The third-order valence-electron chi connectivity index (χ3n) is 3.68. The van der Waals surface area contributed by atoms with E-state index in [-0.39, 0.29) is 18.9 Å². The van der Waals surface area contributed by atoms with Crippen molar-refractivity contribution in [1.82, 2.24) is 4.98 Å². The van der Waals surface area contributed by atoms with Gasteiger partial charge in [0.15, 0.2) is 6.61 Å². The Balaban J connectivity index is 1.55. The van der Waals surface area contributed by atoms with E-state index in [4.69, 9.17) is 4.74 Å². The fourth-order valence-electron chi connectivity index (χ4n) is 2.41. The lowest BCUT2D eigenvalue weighted by Crippen LogP contribution is -2.35. The molecule has 5 nitrogen and oxygen atoms in total. The first kappa shape index (κ1) is 19.0. The van der Waals surface area contributed by atoms with Crippen LogP contribution in [0.4, 0.5) is 5.69 Å². The van der Waals surface area contributed by atoms with Crippen LogP contribution >= 0.6 is 22.7 Å². The van der Waals surface area contributed by atoms with Gasteiger partial charge in [0.2, 0.25) is 0 Å². The highest BCUT2D eigenvalue weighted by atomic mass is 32.1. The summed E-state index contributed by atoms with van der Waals surface area (Å²) < 4.78 is 5.16. The van der Waals surface area contributed by atoms with Crippen molar-refractivity contribution in [3.05, 3.63) is 70.9 Å². The molecule has 2 aromatic heterocycles. The van der Waals surface area contributed by atoms with Crippen molar-refractivity contribution in [3.63, 3.8) is 0 Å². The van der Waals surface area contributed by atoms with Crippen molar-refractivity contribution in [2.24, 2.45) is 0 Å². The highest BCUT2D eigenvalue weighted by Gasteiger charge is 2.17. The molecule has 0 N–H and O–H groups in total. The number of hydrogen-bond donors (Lipinski definition) is 0. The van der Waals surface area contributed by atoms with Gasteiger partial charge in [0.05, 0.1) is 12.1 Å². The zero-order valence-corrected chi connectivity index (χ0v) is 16.2. The highest BCUT2D eigenvalue weighted by Crippen LogP contribution is 2.25. The van der Waals surface area contributed by atoms with Gasteiger partial charge < -0.3 is 9.64 Å². The lowest BCUT2D eigenvalue weighted by molar-refractivity contribution is -0.147. The molecule has 3 aromatic rings. The van der Waals surface area contributed by atoms with E-state index in [0.29, 0.717) is 12.2 Å². The van der Waals surface area contributed by atoms with Crippen LogP contribution in [0.5, 0.6) is 0 Å². The second-order valence-corrected chi connectivity index (χ2v) is 7.26. The molecule has 0 atom stereocenters. The van der Waals surface area contributed by atoms with Gasteiger partial charge in [0.25, 0.3) is 5.91 Å². The Morgan fingerprint density at radius 2 is 2.00 bits per heavy atom. The van der Waals surface area contributed by atoms with Gasteiger partial charge in [-0.25, -0.2) is 4.98 Å². The predicted octanol–water partition coefficient (Wildman–Crippen LogP) is 4.18. The van der Waals surface area contributed by atoms with Gasteiger partial charge in [-0.2, -0.15) is 11.3 Å². The molecule has 0 saturated heterocycles. The topological polar surface area (TPSA) is 59.5 Å². The number of hydrogen-bond acceptors (Lipinski definition) is 6. The first-order chi connectivity index (χ1) is 13.2. The molecule has 0 bridgehead atoms. The summed E-state index contributed by atoms with van der Waals surface area (Å²) in [5.41, 5.74) is 2.42. The largest absolute Gasteiger partial charge is 0.455 e. The predicted molar refractivity (Wildman–Crippen MR) is 109 cm³/mol. The van der Waals surface area contributed by atoms with Crippen molar-refractivity contribution >= 4 is 40.2 Å². The molecule has 7 heteroatoms. The molecule has 1 aromatic carbocycles. The number of esters is 1. The van der Waals surface area contributed by atoms with Crippen LogP contribution in [-0.4, -0.2) is 30.0 Å². The van der Waals surface area contributed by atoms with Gasteiger partial charge in [0, 0.05) is 28.6 Å². The number of benzene rings is 1. The molecular weight excluding hydrogens is 380 g/mol. The van der Waals surface area contributed by atoms with Crippen LogP contribution in [-0.2, 0) is 20.7 Å². The molecule has 0 aliphatic carbocycles. The third kappa shape index (κ3) is 5.12. The molecule has 2 heterocycles. The van der Waals surface area contributed by atoms with Crippen LogP contribution in [0.25, 0.3) is 10.6 Å². The first-order valence-electron chi connectivity index (χ1n) is 8.26. The molecule has 0 saturated carbocycles. The van der Waals surface area contributed by atoms with Crippen molar-refractivity contribution in [3.8, 4) is 10.6 Å². The molecule has 3 rings (SSSR count). The molecule has 27 heavy (non-hydrogen) atoms. The minimum Gasteiger partial charge on any atom is -0.455 e. The first-order valence-corrected chi connectivity index (χ1v) is 10.1. The minimum atomic E-state index is -0.475. The Kier molecular flexibility index (Phi) is 6.51. The maximum atomic E-state index is 12.4. The molecule has 0 radical (unpaired) electrons. The number of thiophene rings is 1. The summed E-state index contributed by atoms with van der Waals surface area (Å²) in [4.78, 5) is 30.5. The summed E-state index contributed by atoms with van der Waals surface area (Å²) in [6.07, 6.45) is 1.68. The lowest BCUT2D eigenvalue weighted by Gasteiger charge is -2.21. The number of carbonyl (C=O) groups is 2. The van der Waals surface area contributed by atoms with Gasteiger partial charge in [-0.05, 0) is 23.6 Å². The SMILES string of the molecule is C=CCN(C(=O)COC(=O)Cc1csc(-c2ccsc2)n1)c1ccccc1. The van der Waals surface area contributed by atoms with Crippen LogP contribution in [0.15, 0.2) is 65.2 Å². The number of carbonyl (C=O) groups excluding carboxylic acids is 2. The van der Waals surface area contributed by atoms with E-state index in [1.165, 1.54) is 16.2 Å². The van der Waals surface area contributed by atoms with E-state index in [1.807, 2.05) is 52.5 Å². The van der Waals surface area contributed by atoms with E-state index in [9.17, 15) is 9.59 Å². The maximum Gasteiger partial charge on any atom is 0.312 e. The second kappa shape index (κ2) is 9.25. The summed E-state index contributed by atoms with van der Waals surface area (Å²) in [7, 11) is 0. The number of nitrogens with zero attached hydrogens (tertiary/aromatic N) is 2. The molecule has 0 unspecified atom stereocenters. The summed E-state index contributed by atoms with van der Waals surface area (Å²) >= 11 is 3.08. The van der Waals surface area contributed by atoms with E-state index < -0.39 is 5.97 Å². The van der Waals surface area contributed by atoms with Gasteiger partial charge in [-0.3, -0.25) is 9.59 Å². The molecule has 0 fully saturated rings. The minimum absolute atomic E-state index is 0.0424. The van der Waals surface area contributed by atoms with Crippen LogP contribution in [0, 0.1) is 0 Å². The zero-order valence-electron chi connectivity index (χ0n) is 14.5. The number of thiazole rings is 1. The summed E-state index contributed by atoms with van der Waals surface area (Å²) in [5, 5.41) is 6.70. The van der Waals surface area contributed by atoms with Crippen molar-refractivity contribution < 1.29 is 14.3 Å². The Bertz CT molecular complexity index is 904. The zero-order chi connectivity index (χ0) is 19.1. The van der Waals surface area contributed by atoms with E-state index in [0.717, 1.165) is 16.3 Å². The Morgan fingerprint density at radius 3 is 2.70 bits per heavy atom. The molecule has 0 aliphatic rings. The summed E-state index contributed by atoms with van der Waals surface area (Å²) in [6, 6.07) is 11.2. The summed E-state index contributed by atoms with van der Waals surface area (Å²) in [6.45, 7) is 3.70. The van der Waals surface area contributed by atoms with Crippen molar-refractivity contribution in [2.45, 2.75) is 6.42 Å². The number of rotatable bonds is 8. The van der Waals surface area contributed by atoms with Crippen LogP contribution in [0.3, 0.4) is 0 Å².